The standard InChI is InChI=1S/C11H16N4S/c1-3-12-5-11-14-10(8-16-11)7-15-6-9(2)4-13-15/h4,6,8,12H,3,5,7H2,1-2H3. The molecule has 0 atom stereocenters. The highest BCUT2D eigenvalue weighted by Crippen LogP contribution is 2.10. The quantitative estimate of drug-likeness (QED) is 0.861. The van der Waals surface area contributed by atoms with E-state index in [2.05, 4.69) is 27.7 Å². The number of hydrogen-bond donors (Lipinski definition) is 1. The average Bonchev–Trinajstić information content (AvgIpc) is 2.86. The zero-order valence-corrected chi connectivity index (χ0v) is 10.4. The first-order chi connectivity index (χ1) is 7.78. The first-order valence-corrected chi connectivity index (χ1v) is 6.29. The van der Waals surface area contributed by atoms with Crippen LogP contribution < -0.4 is 5.32 Å². The van der Waals surface area contributed by atoms with Gasteiger partial charge in [-0.1, -0.05) is 6.92 Å². The van der Waals surface area contributed by atoms with Crippen molar-refractivity contribution in [3.8, 4) is 0 Å². The largest absolute Gasteiger partial charge is 0.311 e. The topological polar surface area (TPSA) is 42.7 Å². The number of nitrogens with one attached hydrogen (secondary N) is 1. The van der Waals surface area contributed by atoms with Gasteiger partial charge in [-0.05, 0) is 19.0 Å². The lowest BCUT2D eigenvalue weighted by Gasteiger charge is -1.97. The van der Waals surface area contributed by atoms with Gasteiger partial charge >= 0.3 is 0 Å². The fraction of sp³-hybridized carbons (Fsp3) is 0.455. The minimum absolute atomic E-state index is 0.760. The van der Waals surface area contributed by atoms with Gasteiger partial charge in [0, 0.05) is 18.1 Å². The van der Waals surface area contributed by atoms with Gasteiger partial charge in [0.25, 0.3) is 0 Å². The van der Waals surface area contributed by atoms with Crippen LogP contribution in [0.3, 0.4) is 0 Å². The zero-order chi connectivity index (χ0) is 11.4. The molecule has 0 aliphatic heterocycles. The molecule has 0 radical (unpaired) electrons. The molecule has 0 unspecified atom stereocenters. The predicted molar refractivity (Wildman–Crippen MR) is 65.6 cm³/mol. The van der Waals surface area contributed by atoms with E-state index in [1.807, 2.05) is 24.0 Å². The van der Waals surface area contributed by atoms with Crippen LogP contribution in [-0.2, 0) is 13.1 Å². The Bertz CT molecular complexity index is 446. The van der Waals surface area contributed by atoms with Crippen LogP contribution >= 0.6 is 11.3 Å². The number of rotatable bonds is 5. The Morgan fingerprint density at radius 3 is 3.06 bits per heavy atom. The van der Waals surface area contributed by atoms with Crippen LogP contribution in [0.1, 0.15) is 23.2 Å². The molecule has 2 rings (SSSR count). The predicted octanol–water partition coefficient (Wildman–Crippen LogP) is 1.81. The van der Waals surface area contributed by atoms with E-state index in [-0.39, 0.29) is 0 Å². The second-order valence-corrected chi connectivity index (χ2v) is 4.67. The third-order valence-corrected chi connectivity index (χ3v) is 3.11. The van der Waals surface area contributed by atoms with Gasteiger partial charge in [0.2, 0.25) is 0 Å². The number of thiazole rings is 1. The van der Waals surface area contributed by atoms with E-state index in [9.17, 15) is 0 Å². The Labute approximate surface area is 99.3 Å². The molecule has 1 N–H and O–H groups in total. The Kier molecular flexibility index (Phi) is 3.69. The van der Waals surface area contributed by atoms with E-state index in [0.29, 0.717) is 0 Å². The number of hydrogen-bond acceptors (Lipinski definition) is 4. The number of nitrogens with zero attached hydrogens (tertiary/aromatic N) is 3. The third-order valence-electron chi connectivity index (χ3n) is 2.21. The molecule has 0 saturated carbocycles. The summed E-state index contributed by atoms with van der Waals surface area (Å²) in [6, 6.07) is 0. The summed E-state index contributed by atoms with van der Waals surface area (Å²) in [5.74, 6) is 0. The molecule has 0 spiro atoms. The lowest BCUT2D eigenvalue weighted by Crippen LogP contribution is -2.11. The molecule has 86 valence electrons. The van der Waals surface area contributed by atoms with Crippen LogP contribution in [0.25, 0.3) is 0 Å². The van der Waals surface area contributed by atoms with Gasteiger partial charge < -0.3 is 5.32 Å². The molecule has 2 heterocycles. The molecule has 16 heavy (non-hydrogen) atoms. The van der Waals surface area contributed by atoms with Gasteiger partial charge in [-0.15, -0.1) is 11.3 Å². The summed E-state index contributed by atoms with van der Waals surface area (Å²) >= 11 is 1.70. The molecule has 0 bridgehead atoms. The van der Waals surface area contributed by atoms with Crippen molar-refractivity contribution in [2.24, 2.45) is 0 Å². The van der Waals surface area contributed by atoms with Crippen molar-refractivity contribution < 1.29 is 0 Å². The summed E-state index contributed by atoms with van der Waals surface area (Å²) in [6.45, 7) is 6.74. The van der Waals surface area contributed by atoms with Gasteiger partial charge in [-0.25, -0.2) is 4.98 Å². The van der Waals surface area contributed by atoms with Crippen LogP contribution in [0.2, 0.25) is 0 Å². The van der Waals surface area contributed by atoms with Crippen LogP contribution in [0.15, 0.2) is 17.8 Å². The Hall–Kier alpha value is -1.20. The summed E-state index contributed by atoms with van der Waals surface area (Å²) in [4.78, 5) is 4.55. The SMILES string of the molecule is CCNCc1nc(Cn2cc(C)cn2)cs1. The molecule has 0 saturated heterocycles. The summed E-state index contributed by atoms with van der Waals surface area (Å²) in [5, 5.41) is 10.8. The van der Waals surface area contributed by atoms with E-state index < -0.39 is 0 Å². The second kappa shape index (κ2) is 5.23. The summed E-state index contributed by atoms with van der Waals surface area (Å²) < 4.78 is 1.92. The Morgan fingerprint density at radius 1 is 1.50 bits per heavy atom. The lowest BCUT2D eigenvalue weighted by molar-refractivity contribution is 0.667. The Balaban J connectivity index is 1.97. The fourth-order valence-electron chi connectivity index (χ4n) is 1.45. The second-order valence-electron chi connectivity index (χ2n) is 3.73. The van der Waals surface area contributed by atoms with Crippen molar-refractivity contribution >= 4 is 11.3 Å². The average molecular weight is 236 g/mol. The van der Waals surface area contributed by atoms with Crippen molar-refractivity contribution in [2.75, 3.05) is 6.54 Å². The normalized spacial score (nSPS) is 10.9. The number of aromatic nitrogens is 3. The van der Waals surface area contributed by atoms with Crippen LogP contribution in [0.4, 0.5) is 0 Å². The highest BCUT2D eigenvalue weighted by Gasteiger charge is 2.02. The van der Waals surface area contributed by atoms with E-state index in [4.69, 9.17) is 0 Å². The lowest BCUT2D eigenvalue weighted by atomic mass is 10.4. The van der Waals surface area contributed by atoms with E-state index in [1.54, 1.807) is 11.3 Å². The molecule has 5 heteroatoms. The van der Waals surface area contributed by atoms with Crippen LogP contribution in [0, 0.1) is 6.92 Å². The maximum atomic E-state index is 4.55. The van der Waals surface area contributed by atoms with Crippen molar-refractivity contribution in [1.29, 1.82) is 0 Å². The van der Waals surface area contributed by atoms with Gasteiger partial charge in [-0.3, -0.25) is 4.68 Å². The van der Waals surface area contributed by atoms with Crippen molar-refractivity contribution in [3.05, 3.63) is 34.0 Å². The maximum Gasteiger partial charge on any atom is 0.107 e. The maximum absolute atomic E-state index is 4.55. The van der Waals surface area contributed by atoms with Crippen LogP contribution in [0.5, 0.6) is 0 Å². The first kappa shape index (κ1) is 11.3. The fourth-order valence-corrected chi connectivity index (χ4v) is 2.21. The molecule has 0 aliphatic carbocycles. The van der Waals surface area contributed by atoms with E-state index >= 15 is 0 Å². The molecule has 0 fully saturated rings. The molecule has 2 aromatic rings. The summed E-state index contributed by atoms with van der Waals surface area (Å²) in [6.07, 6.45) is 3.90. The minimum atomic E-state index is 0.760. The number of aryl methyl sites for hydroxylation is 1. The molecule has 0 amide bonds. The molecular formula is C11H16N4S. The molecule has 0 aromatic carbocycles. The van der Waals surface area contributed by atoms with Crippen molar-refractivity contribution in [2.45, 2.75) is 26.9 Å². The molecule has 0 aliphatic rings. The summed E-state index contributed by atoms with van der Waals surface area (Å²) in [5.41, 5.74) is 2.27. The van der Waals surface area contributed by atoms with Crippen molar-refractivity contribution in [1.82, 2.24) is 20.1 Å². The molecular weight excluding hydrogens is 220 g/mol. The first-order valence-electron chi connectivity index (χ1n) is 5.41. The van der Waals surface area contributed by atoms with Gasteiger partial charge in [0.15, 0.2) is 0 Å². The van der Waals surface area contributed by atoms with Crippen molar-refractivity contribution in [3.63, 3.8) is 0 Å². The van der Waals surface area contributed by atoms with E-state index in [0.717, 1.165) is 30.3 Å². The zero-order valence-electron chi connectivity index (χ0n) is 9.60. The smallest absolute Gasteiger partial charge is 0.107 e. The highest BCUT2D eigenvalue weighted by molar-refractivity contribution is 7.09. The van der Waals surface area contributed by atoms with Gasteiger partial charge in [0.1, 0.15) is 5.01 Å². The Morgan fingerprint density at radius 2 is 2.38 bits per heavy atom. The molecule has 2 aromatic heterocycles. The van der Waals surface area contributed by atoms with Gasteiger partial charge in [-0.2, -0.15) is 5.10 Å². The monoisotopic (exact) mass is 236 g/mol. The van der Waals surface area contributed by atoms with Crippen LogP contribution in [-0.4, -0.2) is 21.3 Å². The van der Waals surface area contributed by atoms with E-state index in [1.165, 1.54) is 5.56 Å². The third kappa shape index (κ3) is 2.90. The minimum Gasteiger partial charge on any atom is -0.311 e. The molecule has 4 nitrogen and oxygen atoms in total. The summed E-state index contributed by atoms with van der Waals surface area (Å²) in [7, 11) is 0. The van der Waals surface area contributed by atoms with Gasteiger partial charge in [0.05, 0.1) is 18.4 Å². The highest BCUT2D eigenvalue weighted by atomic mass is 32.1.